The zero-order chi connectivity index (χ0) is 18.7. The van der Waals surface area contributed by atoms with Crippen molar-refractivity contribution in [1.29, 1.82) is 0 Å². The van der Waals surface area contributed by atoms with E-state index in [1.54, 1.807) is 36.4 Å². The largest absolute Gasteiger partial charge is 0.508 e. The third-order valence-corrected chi connectivity index (χ3v) is 4.39. The van der Waals surface area contributed by atoms with E-state index < -0.39 is 6.10 Å². The number of hydrogen-bond acceptors (Lipinski definition) is 6. The van der Waals surface area contributed by atoms with Crippen molar-refractivity contribution in [2.45, 2.75) is 13.0 Å². The van der Waals surface area contributed by atoms with Crippen molar-refractivity contribution >= 4 is 29.0 Å². The average molecular weight is 370 g/mol. The molecule has 1 heterocycles. The van der Waals surface area contributed by atoms with Crippen molar-refractivity contribution in [3.8, 4) is 5.75 Å². The highest BCUT2D eigenvalue weighted by molar-refractivity contribution is 7.80. The van der Waals surface area contributed by atoms with Gasteiger partial charge in [0, 0.05) is 11.5 Å². The number of esters is 1. The lowest BCUT2D eigenvalue weighted by atomic mass is 9.89. The van der Waals surface area contributed by atoms with Gasteiger partial charge in [-0.05, 0) is 48.1 Å². The van der Waals surface area contributed by atoms with Crippen molar-refractivity contribution in [2.75, 3.05) is 0 Å². The zero-order valence-electron chi connectivity index (χ0n) is 14.0. The van der Waals surface area contributed by atoms with Gasteiger partial charge in [0.15, 0.2) is 0 Å². The Hall–Kier alpha value is -2.97. The SMILES string of the molecule is C[C@H](/C(=N\NC(=S)NN)c1ccc(O)cc1)[C@H]1OC(=O)c2ccccc21. The number of carbonyl (C=O) groups excluding carboxylic acids is 1. The molecule has 5 N–H and O–H groups in total. The highest BCUT2D eigenvalue weighted by Crippen LogP contribution is 2.37. The van der Waals surface area contributed by atoms with Crippen LogP contribution < -0.4 is 16.7 Å². The molecule has 8 heteroatoms. The summed E-state index contributed by atoms with van der Waals surface area (Å²) in [6.45, 7) is 1.91. The van der Waals surface area contributed by atoms with Gasteiger partial charge in [-0.3, -0.25) is 10.9 Å². The molecule has 1 aliphatic rings. The fraction of sp³-hybridized carbons (Fsp3) is 0.167. The number of hydrazine groups is 1. The molecule has 7 nitrogen and oxygen atoms in total. The molecule has 134 valence electrons. The molecule has 0 bridgehead atoms. The number of phenols is 1. The first-order valence-corrected chi connectivity index (χ1v) is 8.35. The predicted octanol–water partition coefficient (Wildman–Crippen LogP) is 1.98. The highest BCUT2D eigenvalue weighted by Gasteiger charge is 2.37. The molecule has 0 saturated heterocycles. The number of nitrogens with two attached hydrogens (primary N) is 1. The third kappa shape index (κ3) is 3.51. The number of aromatic hydroxyl groups is 1. The maximum Gasteiger partial charge on any atom is 0.339 e. The van der Waals surface area contributed by atoms with Crippen LogP contribution in [0, 0.1) is 5.92 Å². The van der Waals surface area contributed by atoms with Gasteiger partial charge < -0.3 is 9.84 Å². The number of nitrogens with one attached hydrogen (secondary N) is 2. The molecule has 0 spiro atoms. The summed E-state index contributed by atoms with van der Waals surface area (Å²) in [5, 5.41) is 14.0. The van der Waals surface area contributed by atoms with E-state index in [1.165, 1.54) is 0 Å². The van der Waals surface area contributed by atoms with E-state index in [0.29, 0.717) is 11.3 Å². The second-order valence-electron chi connectivity index (χ2n) is 5.83. The summed E-state index contributed by atoms with van der Waals surface area (Å²) in [5.74, 6) is 4.79. The molecule has 0 fully saturated rings. The van der Waals surface area contributed by atoms with Gasteiger partial charge in [0.25, 0.3) is 0 Å². The van der Waals surface area contributed by atoms with E-state index in [2.05, 4.69) is 16.0 Å². The quantitative estimate of drug-likeness (QED) is 0.214. The second-order valence-corrected chi connectivity index (χ2v) is 6.24. The summed E-state index contributed by atoms with van der Waals surface area (Å²) in [5.41, 5.74) is 7.70. The Kier molecular flexibility index (Phi) is 5.15. The van der Waals surface area contributed by atoms with E-state index in [0.717, 1.165) is 11.1 Å². The molecular weight excluding hydrogens is 352 g/mol. The lowest BCUT2D eigenvalue weighted by molar-refractivity contribution is 0.0326. The van der Waals surface area contributed by atoms with Crippen LogP contribution in [0.15, 0.2) is 53.6 Å². The highest BCUT2D eigenvalue weighted by atomic mass is 32.1. The molecule has 3 rings (SSSR count). The lowest BCUT2D eigenvalue weighted by Gasteiger charge is -2.21. The average Bonchev–Trinajstić information content (AvgIpc) is 3.00. The van der Waals surface area contributed by atoms with Gasteiger partial charge >= 0.3 is 5.97 Å². The van der Waals surface area contributed by atoms with E-state index in [4.69, 9.17) is 22.8 Å². The molecule has 0 amide bonds. The first-order valence-electron chi connectivity index (χ1n) is 7.94. The van der Waals surface area contributed by atoms with Gasteiger partial charge in [-0.25, -0.2) is 10.6 Å². The van der Waals surface area contributed by atoms with Crippen LogP contribution in [0.3, 0.4) is 0 Å². The number of phenolic OH excluding ortho intramolecular Hbond substituents is 1. The van der Waals surface area contributed by atoms with E-state index in [1.807, 2.05) is 19.1 Å². The van der Waals surface area contributed by atoms with Crippen LogP contribution >= 0.6 is 12.2 Å². The fourth-order valence-electron chi connectivity index (χ4n) is 2.89. The lowest BCUT2D eigenvalue weighted by Crippen LogP contribution is -2.38. The van der Waals surface area contributed by atoms with E-state index in [9.17, 15) is 9.90 Å². The smallest absolute Gasteiger partial charge is 0.339 e. The standard InChI is InChI=1S/C18H18N4O3S/c1-10(16-13-4-2-3-5-14(13)17(24)25-16)15(21-22-18(26)20-19)11-6-8-12(23)9-7-11/h2-10,16,23H,19H2,1H3,(H2,20,22,26)/b21-15+/t10-,16-/m1/s1. The Bertz CT molecular complexity index is 867. The fourth-order valence-corrected chi connectivity index (χ4v) is 2.94. The number of cyclic esters (lactones) is 1. The summed E-state index contributed by atoms with van der Waals surface area (Å²) in [6.07, 6.45) is -0.479. The van der Waals surface area contributed by atoms with Gasteiger partial charge in [0.2, 0.25) is 5.11 Å². The second kappa shape index (κ2) is 7.51. The van der Waals surface area contributed by atoms with Gasteiger partial charge in [0.1, 0.15) is 11.9 Å². The van der Waals surface area contributed by atoms with Crippen molar-refractivity contribution in [3.05, 3.63) is 65.2 Å². The molecule has 0 saturated carbocycles. The van der Waals surface area contributed by atoms with Crippen LogP contribution in [0.4, 0.5) is 0 Å². The Labute approximate surface area is 155 Å². The molecule has 0 unspecified atom stereocenters. The normalized spacial score (nSPS) is 17.2. The molecule has 1 aliphatic heterocycles. The number of rotatable bonds is 4. The minimum atomic E-state index is -0.479. The number of thiocarbonyl (C=S) groups is 1. The molecule has 2 atom stereocenters. The van der Waals surface area contributed by atoms with Gasteiger partial charge in [-0.15, -0.1) is 0 Å². The van der Waals surface area contributed by atoms with Crippen molar-refractivity contribution in [2.24, 2.45) is 16.9 Å². The van der Waals surface area contributed by atoms with Gasteiger partial charge in [-0.2, -0.15) is 5.10 Å². The molecule has 2 aromatic rings. The number of carbonyl (C=O) groups is 1. The Morgan fingerprint density at radius 2 is 1.96 bits per heavy atom. The first kappa shape index (κ1) is 17.8. The summed E-state index contributed by atoms with van der Waals surface area (Å²) < 4.78 is 5.58. The van der Waals surface area contributed by atoms with Crippen LogP contribution in [0.2, 0.25) is 0 Å². The number of benzene rings is 2. The molecule has 2 aromatic carbocycles. The van der Waals surface area contributed by atoms with Crippen LogP contribution in [0.25, 0.3) is 0 Å². The van der Waals surface area contributed by atoms with Gasteiger partial charge in [0.05, 0.1) is 11.3 Å². The maximum absolute atomic E-state index is 12.1. The van der Waals surface area contributed by atoms with E-state index >= 15 is 0 Å². The van der Waals surface area contributed by atoms with Crippen molar-refractivity contribution in [3.63, 3.8) is 0 Å². The van der Waals surface area contributed by atoms with Crippen LogP contribution in [-0.2, 0) is 4.74 Å². The minimum absolute atomic E-state index is 0.144. The Morgan fingerprint density at radius 1 is 1.27 bits per heavy atom. The summed E-state index contributed by atoms with van der Waals surface area (Å²) >= 11 is 4.97. The Morgan fingerprint density at radius 3 is 2.65 bits per heavy atom. The minimum Gasteiger partial charge on any atom is -0.508 e. The zero-order valence-corrected chi connectivity index (χ0v) is 14.8. The maximum atomic E-state index is 12.1. The first-order chi connectivity index (χ1) is 12.5. The molecule has 0 aromatic heterocycles. The van der Waals surface area contributed by atoms with E-state index in [-0.39, 0.29) is 22.7 Å². The number of hydrazone groups is 1. The summed E-state index contributed by atoms with van der Waals surface area (Å²) in [6, 6.07) is 13.9. The predicted molar refractivity (Wildman–Crippen MR) is 101 cm³/mol. The molecule has 26 heavy (non-hydrogen) atoms. The monoisotopic (exact) mass is 370 g/mol. The molecule has 0 aliphatic carbocycles. The van der Waals surface area contributed by atoms with Crippen molar-refractivity contribution in [1.82, 2.24) is 10.9 Å². The van der Waals surface area contributed by atoms with Crippen molar-refractivity contribution < 1.29 is 14.6 Å². The summed E-state index contributed by atoms with van der Waals surface area (Å²) in [4.78, 5) is 12.1. The Balaban J connectivity index is 1.98. The topological polar surface area (TPSA) is 109 Å². The third-order valence-electron chi connectivity index (χ3n) is 4.18. The van der Waals surface area contributed by atoms with Crippen LogP contribution in [0.1, 0.15) is 34.5 Å². The number of nitrogens with zero attached hydrogens (tertiary/aromatic N) is 1. The number of ether oxygens (including phenoxy) is 1. The van der Waals surface area contributed by atoms with Crippen LogP contribution in [-0.4, -0.2) is 21.9 Å². The molecule has 0 radical (unpaired) electrons. The summed E-state index contributed by atoms with van der Waals surface area (Å²) in [7, 11) is 0. The van der Waals surface area contributed by atoms with Crippen LogP contribution in [0.5, 0.6) is 5.75 Å². The molecular formula is C18H18N4O3S. The number of fused-ring (bicyclic) bond motifs is 1. The number of hydrogen-bond donors (Lipinski definition) is 4. The van der Waals surface area contributed by atoms with Gasteiger partial charge in [-0.1, -0.05) is 25.1 Å².